The molecule has 2 fully saturated rings. The zero-order valence-electron chi connectivity index (χ0n) is 13.4. The summed E-state index contributed by atoms with van der Waals surface area (Å²) in [5.74, 6) is 2.86. The number of halogens is 1. The van der Waals surface area contributed by atoms with E-state index < -0.39 is 0 Å². The fourth-order valence-corrected chi connectivity index (χ4v) is 4.51. The van der Waals surface area contributed by atoms with Crippen LogP contribution in [0.4, 0.5) is 5.13 Å². The summed E-state index contributed by atoms with van der Waals surface area (Å²) in [6.45, 7) is 0.955. The molecule has 5 rings (SSSR count). The maximum absolute atomic E-state index is 5.61. The number of hydrogen-bond acceptors (Lipinski definition) is 7. The molecule has 1 atom stereocenters. The maximum Gasteiger partial charge on any atom is 0.249 e. The lowest BCUT2D eigenvalue weighted by molar-refractivity contribution is 0.355. The first-order valence-electron chi connectivity index (χ1n) is 8.48. The van der Waals surface area contributed by atoms with Crippen molar-refractivity contribution in [3.63, 3.8) is 0 Å². The molecule has 1 unspecified atom stereocenters. The third-order valence-corrected chi connectivity index (χ3v) is 6.17. The van der Waals surface area contributed by atoms with Crippen LogP contribution in [0, 0.1) is 0 Å². The van der Waals surface area contributed by atoms with Gasteiger partial charge in [0.05, 0.1) is 0 Å². The van der Waals surface area contributed by atoms with Crippen molar-refractivity contribution in [2.24, 2.45) is 0 Å². The molecular formula is C17H16BrN5OS. The summed E-state index contributed by atoms with van der Waals surface area (Å²) in [5, 5.41) is 5.16. The molecule has 8 heteroatoms. The lowest BCUT2D eigenvalue weighted by Crippen LogP contribution is -2.22. The predicted molar refractivity (Wildman–Crippen MR) is 98.6 cm³/mol. The van der Waals surface area contributed by atoms with Gasteiger partial charge in [0, 0.05) is 34.0 Å². The molecule has 0 amide bonds. The van der Waals surface area contributed by atoms with Crippen molar-refractivity contribution in [2.45, 2.75) is 37.6 Å². The summed E-state index contributed by atoms with van der Waals surface area (Å²) in [4.78, 5) is 11.7. The van der Waals surface area contributed by atoms with Crippen LogP contribution in [0.1, 0.15) is 49.4 Å². The quantitative estimate of drug-likeness (QED) is 0.619. The van der Waals surface area contributed by atoms with E-state index in [1.54, 1.807) is 0 Å². The summed E-state index contributed by atoms with van der Waals surface area (Å²) < 4.78 is 11.1. The van der Waals surface area contributed by atoms with Crippen LogP contribution in [-0.2, 0) is 0 Å². The molecule has 1 aromatic carbocycles. The first-order valence-corrected chi connectivity index (χ1v) is 10.0. The minimum absolute atomic E-state index is 0.0868. The molecule has 1 aliphatic heterocycles. The Morgan fingerprint density at radius 2 is 2.04 bits per heavy atom. The van der Waals surface area contributed by atoms with E-state index in [4.69, 9.17) is 9.51 Å². The van der Waals surface area contributed by atoms with Crippen molar-refractivity contribution in [1.29, 1.82) is 0 Å². The minimum atomic E-state index is 0.0868. The Labute approximate surface area is 157 Å². The third-order valence-electron chi connectivity index (χ3n) is 4.71. The van der Waals surface area contributed by atoms with E-state index in [9.17, 15) is 0 Å². The number of aromatic nitrogens is 4. The molecule has 3 aromatic rings. The molecule has 2 aliphatic rings. The Morgan fingerprint density at radius 1 is 1.16 bits per heavy atom. The smallest absolute Gasteiger partial charge is 0.249 e. The van der Waals surface area contributed by atoms with Gasteiger partial charge in [0.1, 0.15) is 11.9 Å². The highest BCUT2D eigenvalue weighted by Gasteiger charge is 2.35. The van der Waals surface area contributed by atoms with Crippen LogP contribution in [-0.4, -0.2) is 26.0 Å². The van der Waals surface area contributed by atoms with Gasteiger partial charge in [-0.05, 0) is 37.8 Å². The molecule has 0 bridgehead atoms. The zero-order valence-corrected chi connectivity index (χ0v) is 15.8. The van der Waals surface area contributed by atoms with Crippen LogP contribution in [0.25, 0.3) is 11.4 Å². The molecule has 0 N–H and O–H groups in total. The maximum atomic E-state index is 5.61. The molecule has 128 valence electrons. The standard InChI is InChI=1S/C17H16BrN5OS/c18-12-5-2-1-4-11(12)15-19-16(24-21-15)13-6-3-9-23(13)17-20-14(22-25-17)10-7-8-10/h1-2,4-5,10,13H,3,6-9H2. The molecule has 1 saturated heterocycles. The van der Waals surface area contributed by atoms with Crippen molar-refractivity contribution in [1.82, 2.24) is 19.5 Å². The fraction of sp³-hybridized carbons (Fsp3) is 0.412. The highest BCUT2D eigenvalue weighted by Crippen LogP contribution is 2.42. The van der Waals surface area contributed by atoms with Gasteiger partial charge >= 0.3 is 0 Å². The lowest BCUT2D eigenvalue weighted by atomic mass is 10.2. The molecule has 3 heterocycles. The van der Waals surface area contributed by atoms with Gasteiger partial charge in [-0.15, -0.1) is 0 Å². The van der Waals surface area contributed by atoms with E-state index in [0.29, 0.717) is 17.6 Å². The second-order valence-corrected chi connectivity index (χ2v) is 8.08. The minimum Gasteiger partial charge on any atom is -0.337 e. The van der Waals surface area contributed by atoms with Gasteiger partial charge in [-0.1, -0.05) is 33.2 Å². The average molecular weight is 418 g/mol. The Hall–Kier alpha value is -1.80. The van der Waals surface area contributed by atoms with Gasteiger partial charge in [0.15, 0.2) is 0 Å². The van der Waals surface area contributed by atoms with Crippen LogP contribution < -0.4 is 4.90 Å². The topological polar surface area (TPSA) is 67.9 Å². The normalized spacial score (nSPS) is 20.4. The molecule has 6 nitrogen and oxygen atoms in total. The number of hydrogen-bond donors (Lipinski definition) is 0. The van der Waals surface area contributed by atoms with Crippen LogP contribution in [0.15, 0.2) is 33.3 Å². The third kappa shape index (κ3) is 2.87. The predicted octanol–water partition coefficient (Wildman–Crippen LogP) is 4.57. The summed E-state index contributed by atoms with van der Waals surface area (Å²) in [6.07, 6.45) is 4.53. The molecule has 0 radical (unpaired) electrons. The molecular weight excluding hydrogens is 402 g/mol. The van der Waals surface area contributed by atoms with Crippen molar-refractivity contribution in [3.05, 3.63) is 40.5 Å². The number of anilines is 1. The number of benzene rings is 1. The molecule has 25 heavy (non-hydrogen) atoms. The van der Waals surface area contributed by atoms with Crippen molar-refractivity contribution in [2.75, 3.05) is 11.4 Å². The SMILES string of the molecule is Brc1ccccc1-c1noc(C2CCCN2c2nc(C3CC3)ns2)n1. The monoisotopic (exact) mass is 417 g/mol. The highest BCUT2D eigenvalue weighted by atomic mass is 79.9. The first-order chi connectivity index (χ1) is 12.3. The Kier molecular flexibility index (Phi) is 3.82. The Bertz CT molecular complexity index is 906. The van der Waals surface area contributed by atoms with Crippen molar-refractivity contribution in [3.8, 4) is 11.4 Å². The molecule has 1 saturated carbocycles. The van der Waals surface area contributed by atoms with Crippen LogP contribution in [0.2, 0.25) is 0 Å². The van der Waals surface area contributed by atoms with E-state index in [1.165, 1.54) is 24.4 Å². The first kappa shape index (κ1) is 15.5. The van der Waals surface area contributed by atoms with Crippen LogP contribution in [0.5, 0.6) is 0 Å². The summed E-state index contributed by atoms with van der Waals surface area (Å²) in [5.41, 5.74) is 0.939. The van der Waals surface area contributed by atoms with E-state index in [0.717, 1.165) is 40.4 Å². The highest BCUT2D eigenvalue weighted by molar-refractivity contribution is 9.10. The average Bonchev–Trinajstić information content (AvgIpc) is 3.07. The van der Waals surface area contributed by atoms with Crippen molar-refractivity contribution < 1.29 is 4.52 Å². The van der Waals surface area contributed by atoms with Gasteiger partial charge in [-0.2, -0.15) is 9.36 Å². The summed E-state index contributed by atoms with van der Waals surface area (Å²) in [6, 6.07) is 7.99. The number of rotatable bonds is 4. The molecule has 2 aromatic heterocycles. The van der Waals surface area contributed by atoms with Gasteiger partial charge in [0.25, 0.3) is 0 Å². The van der Waals surface area contributed by atoms with E-state index >= 15 is 0 Å². The molecule has 1 aliphatic carbocycles. The zero-order chi connectivity index (χ0) is 16.8. The van der Waals surface area contributed by atoms with E-state index in [-0.39, 0.29) is 6.04 Å². The Morgan fingerprint density at radius 3 is 2.88 bits per heavy atom. The summed E-state index contributed by atoms with van der Waals surface area (Å²) >= 11 is 5.03. The van der Waals surface area contributed by atoms with Gasteiger partial charge in [-0.3, -0.25) is 0 Å². The van der Waals surface area contributed by atoms with Gasteiger partial charge < -0.3 is 9.42 Å². The fourth-order valence-electron chi connectivity index (χ4n) is 3.23. The van der Waals surface area contributed by atoms with E-state index in [1.807, 2.05) is 24.3 Å². The second-order valence-electron chi connectivity index (χ2n) is 6.50. The largest absolute Gasteiger partial charge is 0.337 e. The van der Waals surface area contributed by atoms with Gasteiger partial charge in [-0.25, -0.2) is 4.98 Å². The second kappa shape index (κ2) is 6.17. The Balaban J connectivity index is 1.43. The summed E-state index contributed by atoms with van der Waals surface area (Å²) in [7, 11) is 0. The van der Waals surface area contributed by atoms with Gasteiger partial charge in [0.2, 0.25) is 16.8 Å². The van der Waals surface area contributed by atoms with E-state index in [2.05, 4.69) is 35.3 Å². The van der Waals surface area contributed by atoms with Crippen molar-refractivity contribution >= 4 is 32.6 Å². The molecule has 0 spiro atoms. The number of nitrogens with zero attached hydrogens (tertiary/aromatic N) is 5. The van der Waals surface area contributed by atoms with Crippen LogP contribution in [0.3, 0.4) is 0 Å². The van der Waals surface area contributed by atoms with Crippen LogP contribution >= 0.6 is 27.5 Å². The lowest BCUT2D eigenvalue weighted by Gasteiger charge is -2.19.